The summed E-state index contributed by atoms with van der Waals surface area (Å²) >= 11 is 8.93. The summed E-state index contributed by atoms with van der Waals surface area (Å²) in [5.41, 5.74) is 1.45. The van der Waals surface area contributed by atoms with Crippen LogP contribution in [0.3, 0.4) is 0 Å². The highest BCUT2D eigenvalue weighted by molar-refractivity contribution is 14.1. The largest absolute Gasteiger partial charge is 0.321 e. The van der Waals surface area contributed by atoms with E-state index in [1.54, 1.807) is 12.1 Å². The summed E-state index contributed by atoms with van der Waals surface area (Å²) in [6.45, 7) is 0. The summed E-state index contributed by atoms with van der Waals surface area (Å²) in [7, 11) is 0. The zero-order chi connectivity index (χ0) is 13.1. The summed E-state index contributed by atoms with van der Waals surface area (Å²) in [6.07, 6.45) is 0. The van der Waals surface area contributed by atoms with E-state index in [0.717, 1.165) is 18.2 Å². The molecule has 1 amide bonds. The van der Waals surface area contributed by atoms with Gasteiger partial charge in [0.25, 0.3) is 5.91 Å². The molecule has 0 atom stereocenters. The summed E-state index contributed by atoms with van der Waals surface area (Å²) in [5.74, 6) is -0.109. The fourth-order valence-electron chi connectivity index (χ4n) is 1.39. The van der Waals surface area contributed by atoms with Gasteiger partial charge in [0.1, 0.15) is 0 Å². The Bertz CT molecular complexity index is 584. The first kappa shape index (κ1) is 14.0. The molecule has 0 spiro atoms. The second-order valence-electron chi connectivity index (χ2n) is 3.59. The van der Waals surface area contributed by atoms with Crippen molar-refractivity contribution < 1.29 is 4.79 Å². The van der Waals surface area contributed by atoms with E-state index in [-0.39, 0.29) is 5.91 Å². The van der Waals surface area contributed by atoms with Crippen LogP contribution in [0.25, 0.3) is 0 Å². The van der Waals surface area contributed by atoms with Gasteiger partial charge < -0.3 is 5.32 Å². The molecule has 0 saturated heterocycles. The summed E-state index contributed by atoms with van der Waals surface area (Å²) in [5, 5.41) is 2.89. The molecule has 2 nitrogen and oxygen atoms in total. The maximum absolute atomic E-state index is 12.0. The van der Waals surface area contributed by atoms with E-state index >= 15 is 0 Å². The van der Waals surface area contributed by atoms with Gasteiger partial charge in [0.15, 0.2) is 0 Å². The Morgan fingerprint density at radius 2 is 1.61 bits per heavy atom. The molecule has 0 aliphatic carbocycles. The van der Waals surface area contributed by atoms with Gasteiger partial charge in [-0.3, -0.25) is 4.79 Å². The zero-order valence-corrected chi connectivity index (χ0v) is 14.4. The summed E-state index contributed by atoms with van der Waals surface area (Å²) in [4.78, 5) is 12.0. The van der Waals surface area contributed by atoms with Gasteiger partial charge in [0, 0.05) is 18.1 Å². The van der Waals surface area contributed by atoms with Gasteiger partial charge in [-0.1, -0.05) is 31.9 Å². The van der Waals surface area contributed by atoms with Crippen LogP contribution in [0.4, 0.5) is 5.69 Å². The standard InChI is InChI=1S/C13H8Br2INO/c14-9-3-1-8(2-4-9)13(18)17-12-6-5-10(15)7-11(12)16/h1-7H,(H,17,18). The molecule has 92 valence electrons. The van der Waals surface area contributed by atoms with Crippen LogP contribution < -0.4 is 5.32 Å². The highest BCUT2D eigenvalue weighted by Crippen LogP contribution is 2.23. The van der Waals surface area contributed by atoms with Crippen molar-refractivity contribution in [3.8, 4) is 0 Å². The average Bonchev–Trinajstić information content (AvgIpc) is 2.33. The van der Waals surface area contributed by atoms with Gasteiger partial charge >= 0.3 is 0 Å². The van der Waals surface area contributed by atoms with Crippen LogP contribution >= 0.6 is 54.5 Å². The molecular weight excluding hydrogens is 473 g/mol. The van der Waals surface area contributed by atoms with E-state index in [1.807, 2.05) is 30.3 Å². The summed E-state index contributed by atoms with van der Waals surface area (Å²) < 4.78 is 2.94. The van der Waals surface area contributed by atoms with Crippen LogP contribution in [0.1, 0.15) is 10.4 Å². The lowest BCUT2D eigenvalue weighted by atomic mass is 10.2. The molecule has 18 heavy (non-hydrogen) atoms. The Balaban J connectivity index is 2.18. The molecule has 5 heteroatoms. The Kier molecular flexibility index (Phi) is 4.80. The Morgan fingerprint density at radius 1 is 1.00 bits per heavy atom. The number of halogens is 3. The van der Waals surface area contributed by atoms with Crippen molar-refractivity contribution in [2.45, 2.75) is 0 Å². The predicted octanol–water partition coefficient (Wildman–Crippen LogP) is 5.07. The van der Waals surface area contributed by atoms with Crippen LogP contribution in [0.5, 0.6) is 0 Å². The molecule has 0 heterocycles. The molecule has 2 rings (SSSR count). The lowest BCUT2D eigenvalue weighted by Crippen LogP contribution is -2.12. The minimum atomic E-state index is -0.109. The van der Waals surface area contributed by atoms with Crippen LogP contribution in [0, 0.1) is 3.57 Å². The number of amides is 1. The molecule has 0 aliphatic rings. The molecule has 0 saturated carbocycles. The monoisotopic (exact) mass is 479 g/mol. The SMILES string of the molecule is O=C(Nc1ccc(Br)cc1I)c1ccc(Br)cc1. The maximum atomic E-state index is 12.0. The third-order valence-corrected chi connectivity index (χ3v) is 4.20. The predicted molar refractivity (Wildman–Crippen MR) is 89.0 cm³/mol. The quantitative estimate of drug-likeness (QED) is 0.597. The number of anilines is 1. The normalized spacial score (nSPS) is 10.2. The first-order valence-electron chi connectivity index (χ1n) is 5.08. The number of benzene rings is 2. The average molecular weight is 481 g/mol. The van der Waals surface area contributed by atoms with Crippen molar-refractivity contribution in [2.24, 2.45) is 0 Å². The number of hydrogen-bond acceptors (Lipinski definition) is 1. The van der Waals surface area contributed by atoms with Gasteiger partial charge in [0.2, 0.25) is 0 Å². The van der Waals surface area contributed by atoms with Crippen molar-refractivity contribution in [2.75, 3.05) is 5.32 Å². The maximum Gasteiger partial charge on any atom is 0.255 e. The smallest absolute Gasteiger partial charge is 0.255 e. The highest BCUT2D eigenvalue weighted by Gasteiger charge is 2.08. The topological polar surface area (TPSA) is 29.1 Å². The van der Waals surface area contributed by atoms with E-state index < -0.39 is 0 Å². The van der Waals surface area contributed by atoms with E-state index in [2.05, 4.69) is 59.8 Å². The Morgan fingerprint density at radius 3 is 2.22 bits per heavy atom. The third-order valence-electron chi connectivity index (χ3n) is 2.29. The number of carbonyl (C=O) groups is 1. The van der Waals surface area contributed by atoms with E-state index in [0.29, 0.717) is 5.56 Å². The minimum Gasteiger partial charge on any atom is -0.321 e. The molecule has 0 bridgehead atoms. The molecule has 0 fully saturated rings. The van der Waals surface area contributed by atoms with Crippen molar-refractivity contribution in [3.05, 3.63) is 60.5 Å². The molecule has 2 aromatic carbocycles. The fraction of sp³-hybridized carbons (Fsp3) is 0. The Labute approximate surface area is 136 Å². The van der Waals surface area contributed by atoms with Crippen LogP contribution in [0.15, 0.2) is 51.4 Å². The molecular formula is C13H8Br2INO. The number of rotatable bonds is 2. The van der Waals surface area contributed by atoms with Crippen LogP contribution in [-0.4, -0.2) is 5.91 Å². The molecule has 0 radical (unpaired) electrons. The van der Waals surface area contributed by atoms with Crippen molar-refractivity contribution in [1.82, 2.24) is 0 Å². The van der Waals surface area contributed by atoms with Gasteiger partial charge in [0.05, 0.1) is 5.69 Å². The number of nitrogens with one attached hydrogen (secondary N) is 1. The van der Waals surface area contributed by atoms with E-state index in [4.69, 9.17) is 0 Å². The third kappa shape index (κ3) is 3.55. The highest BCUT2D eigenvalue weighted by atomic mass is 127. The zero-order valence-electron chi connectivity index (χ0n) is 9.08. The first-order valence-corrected chi connectivity index (χ1v) is 7.75. The second kappa shape index (κ2) is 6.16. The fourth-order valence-corrected chi connectivity index (χ4v) is 3.09. The number of hydrogen-bond donors (Lipinski definition) is 1. The van der Waals surface area contributed by atoms with Crippen LogP contribution in [-0.2, 0) is 0 Å². The van der Waals surface area contributed by atoms with Gasteiger partial charge in [-0.05, 0) is 65.1 Å². The van der Waals surface area contributed by atoms with E-state index in [1.165, 1.54) is 0 Å². The van der Waals surface area contributed by atoms with E-state index in [9.17, 15) is 4.79 Å². The molecule has 1 N–H and O–H groups in total. The molecule has 0 aromatic heterocycles. The van der Waals surface area contributed by atoms with Gasteiger partial charge in [-0.2, -0.15) is 0 Å². The first-order chi connectivity index (χ1) is 8.56. The van der Waals surface area contributed by atoms with Crippen molar-refractivity contribution in [1.29, 1.82) is 0 Å². The minimum absolute atomic E-state index is 0.109. The number of carbonyl (C=O) groups excluding carboxylic acids is 1. The van der Waals surface area contributed by atoms with Crippen LogP contribution in [0.2, 0.25) is 0 Å². The lowest BCUT2D eigenvalue weighted by molar-refractivity contribution is 0.102. The van der Waals surface area contributed by atoms with Crippen molar-refractivity contribution in [3.63, 3.8) is 0 Å². The molecule has 0 aliphatic heterocycles. The second-order valence-corrected chi connectivity index (χ2v) is 6.58. The van der Waals surface area contributed by atoms with Gasteiger partial charge in [-0.15, -0.1) is 0 Å². The molecule has 0 unspecified atom stereocenters. The van der Waals surface area contributed by atoms with Gasteiger partial charge in [-0.25, -0.2) is 0 Å². The summed E-state index contributed by atoms with van der Waals surface area (Å²) in [6, 6.07) is 13.0. The lowest BCUT2D eigenvalue weighted by Gasteiger charge is -2.07. The Hall–Kier alpha value is -0.400. The molecule has 2 aromatic rings. The van der Waals surface area contributed by atoms with Crippen molar-refractivity contribution >= 4 is 66.0 Å².